The predicted molar refractivity (Wildman–Crippen MR) is 156 cm³/mol. The van der Waals surface area contributed by atoms with Crippen LogP contribution in [0.25, 0.3) is 0 Å². The molecule has 0 bridgehead atoms. The minimum absolute atomic E-state index is 0.643. The van der Waals surface area contributed by atoms with E-state index in [0.717, 1.165) is 81.3 Å². The molecule has 2 aliphatic rings. The van der Waals surface area contributed by atoms with Gasteiger partial charge in [-0.3, -0.25) is 0 Å². The van der Waals surface area contributed by atoms with E-state index in [1.165, 1.54) is 25.7 Å². The summed E-state index contributed by atoms with van der Waals surface area (Å²) in [6.07, 6.45) is 4.93. The smallest absolute Gasteiger partial charge is 0.229 e. The van der Waals surface area contributed by atoms with Gasteiger partial charge in [0.1, 0.15) is 11.6 Å². The van der Waals surface area contributed by atoms with Gasteiger partial charge in [0.05, 0.1) is 0 Å². The van der Waals surface area contributed by atoms with Gasteiger partial charge < -0.3 is 35.6 Å². The van der Waals surface area contributed by atoms with Crippen LogP contribution in [-0.2, 0) is 0 Å². The van der Waals surface area contributed by atoms with Gasteiger partial charge in [-0.05, 0) is 69.2 Å². The molecule has 0 aliphatic carbocycles. The Bertz CT molecular complexity index is 936. The molecular weight excluding hydrogens is 470 g/mol. The predicted octanol–water partition coefficient (Wildman–Crippen LogP) is 3.07. The molecule has 36 heavy (non-hydrogen) atoms. The van der Waals surface area contributed by atoms with Crippen molar-refractivity contribution >= 4 is 46.3 Å². The largest absolute Gasteiger partial charge is 0.378 e. The first-order valence-corrected chi connectivity index (χ1v) is 13.5. The molecule has 1 aromatic carbocycles. The minimum atomic E-state index is 0.643. The molecule has 4 rings (SSSR count). The van der Waals surface area contributed by atoms with Gasteiger partial charge in [-0.2, -0.15) is 9.97 Å². The standard InChI is InChI=1S/C26H41N9S/c1-32(2)22-10-8-21(9-11-22)29-26(36)28-13-19-33(3)18-12-27-23-20-24(34-14-4-5-15-34)31-25(30-23)35-16-6-7-17-35/h8-11,20H,4-7,12-19H2,1-3H3,(H,27,30,31)(H2,28,29,36). The molecule has 0 unspecified atom stereocenters. The highest BCUT2D eigenvalue weighted by molar-refractivity contribution is 7.80. The zero-order valence-corrected chi connectivity index (χ0v) is 22.8. The van der Waals surface area contributed by atoms with Crippen molar-refractivity contribution in [2.75, 3.05) is 98.8 Å². The van der Waals surface area contributed by atoms with Crippen LogP contribution in [0.3, 0.4) is 0 Å². The molecule has 2 saturated heterocycles. The van der Waals surface area contributed by atoms with E-state index in [9.17, 15) is 0 Å². The first-order chi connectivity index (χ1) is 17.5. The third-order valence-electron chi connectivity index (χ3n) is 6.74. The number of aromatic nitrogens is 2. The summed E-state index contributed by atoms with van der Waals surface area (Å²) in [6, 6.07) is 10.3. The second kappa shape index (κ2) is 12.9. The van der Waals surface area contributed by atoms with Gasteiger partial charge in [0.15, 0.2) is 5.11 Å². The summed E-state index contributed by atoms with van der Waals surface area (Å²) >= 11 is 5.45. The monoisotopic (exact) mass is 511 g/mol. The summed E-state index contributed by atoms with van der Waals surface area (Å²) < 4.78 is 0. The first-order valence-electron chi connectivity index (χ1n) is 13.1. The molecule has 196 valence electrons. The van der Waals surface area contributed by atoms with Gasteiger partial charge in [-0.25, -0.2) is 0 Å². The number of likely N-dealkylation sites (N-methyl/N-ethyl adjacent to an activating group) is 1. The van der Waals surface area contributed by atoms with Crippen LogP contribution < -0.4 is 30.7 Å². The molecular formula is C26H41N9S. The highest BCUT2D eigenvalue weighted by atomic mass is 32.1. The van der Waals surface area contributed by atoms with Crippen LogP contribution >= 0.6 is 12.2 Å². The highest BCUT2D eigenvalue weighted by Crippen LogP contribution is 2.25. The molecule has 0 atom stereocenters. The molecule has 0 saturated carbocycles. The van der Waals surface area contributed by atoms with E-state index in [2.05, 4.69) is 60.8 Å². The highest BCUT2D eigenvalue weighted by Gasteiger charge is 2.20. The second-order valence-corrected chi connectivity index (χ2v) is 10.3. The number of nitrogens with zero attached hydrogens (tertiary/aromatic N) is 6. The van der Waals surface area contributed by atoms with Crippen molar-refractivity contribution in [3.63, 3.8) is 0 Å². The van der Waals surface area contributed by atoms with Crippen LogP contribution in [0.2, 0.25) is 0 Å². The SMILES string of the molecule is CN(CCNC(=S)Nc1ccc(N(C)C)cc1)CCNc1cc(N2CCCC2)nc(N2CCCC2)n1. The number of hydrogen-bond acceptors (Lipinski definition) is 8. The molecule has 9 nitrogen and oxygen atoms in total. The van der Waals surface area contributed by atoms with Gasteiger partial charge in [0.25, 0.3) is 0 Å². The van der Waals surface area contributed by atoms with Gasteiger partial charge >= 0.3 is 0 Å². The van der Waals surface area contributed by atoms with Crippen LogP contribution in [0, 0.1) is 0 Å². The third-order valence-corrected chi connectivity index (χ3v) is 6.99. The maximum atomic E-state index is 5.45. The summed E-state index contributed by atoms with van der Waals surface area (Å²) in [7, 11) is 6.20. The summed E-state index contributed by atoms with van der Waals surface area (Å²) in [5.74, 6) is 2.85. The van der Waals surface area contributed by atoms with Crippen molar-refractivity contribution in [2.45, 2.75) is 25.7 Å². The Hall–Kier alpha value is -2.85. The van der Waals surface area contributed by atoms with Crippen LogP contribution in [0.15, 0.2) is 30.3 Å². The molecule has 3 N–H and O–H groups in total. The average Bonchev–Trinajstić information content (AvgIpc) is 3.59. The van der Waals surface area contributed by atoms with Crippen molar-refractivity contribution in [1.82, 2.24) is 20.2 Å². The summed E-state index contributed by atoms with van der Waals surface area (Å²) in [5, 5.41) is 10.7. The lowest BCUT2D eigenvalue weighted by molar-refractivity contribution is 0.352. The van der Waals surface area contributed by atoms with E-state index in [-0.39, 0.29) is 0 Å². The van der Waals surface area contributed by atoms with Gasteiger partial charge in [0.2, 0.25) is 5.95 Å². The lowest BCUT2D eigenvalue weighted by Crippen LogP contribution is -2.36. The molecule has 0 radical (unpaired) electrons. The number of anilines is 5. The molecule has 0 spiro atoms. The van der Waals surface area contributed by atoms with Crippen molar-refractivity contribution in [3.8, 4) is 0 Å². The van der Waals surface area contributed by atoms with Crippen LogP contribution in [-0.4, -0.2) is 93.5 Å². The van der Waals surface area contributed by atoms with E-state index in [0.29, 0.717) is 5.11 Å². The van der Waals surface area contributed by atoms with Crippen molar-refractivity contribution < 1.29 is 0 Å². The van der Waals surface area contributed by atoms with E-state index >= 15 is 0 Å². The Morgan fingerprint density at radius 2 is 1.53 bits per heavy atom. The van der Waals surface area contributed by atoms with E-state index in [1.54, 1.807) is 0 Å². The summed E-state index contributed by atoms with van der Waals surface area (Å²) in [5.41, 5.74) is 2.15. The van der Waals surface area contributed by atoms with E-state index in [1.807, 2.05) is 26.2 Å². The van der Waals surface area contributed by atoms with Crippen LogP contribution in [0.1, 0.15) is 25.7 Å². The first kappa shape index (κ1) is 26.2. The van der Waals surface area contributed by atoms with Gasteiger partial charge in [-0.15, -0.1) is 0 Å². The lowest BCUT2D eigenvalue weighted by atomic mass is 10.2. The number of thiocarbonyl (C=S) groups is 1. The summed E-state index contributed by atoms with van der Waals surface area (Å²) in [6.45, 7) is 7.69. The minimum Gasteiger partial charge on any atom is -0.378 e. The Morgan fingerprint density at radius 3 is 2.19 bits per heavy atom. The van der Waals surface area contributed by atoms with E-state index < -0.39 is 0 Å². The Kier molecular flexibility index (Phi) is 9.41. The topological polar surface area (TPSA) is 74.8 Å². The maximum Gasteiger partial charge on any atom is 0.229 e. The molecule has 2 aromatic rings. The number of nitrogens with one attached hydrogen (secondary N) is 3. The second-order valence-electron chi connectivity index (χ2n) is 9.85. The molecule has 3 heterocycles. The third kappa shape index (κ3) is 7.57. The lowest BCUT2D eigenvalue weighted by Gasteiger charge is -2.22. The Balaban J connectivity index is 1.19. The molecule has 2 aliphatic heterocycles. The van der Waals surface area contributed by atoms with Crippen LogP contribution in [0.5, 0.6) is 0 Å². The fourth-order valence-electron chi connectivity index (χ4n) is 4.54. The number of hydrogen-bond donors (Lipinski definition) is 3. The fraction of sp³-hybridized carbons (Fsp3) is 0.577. The van der Waals surface area contributed by atoms with Crippen molar-refractivity contribution in [3.05, 3.63) is 30.3 Å². The fourth-order valence-corrected chi connectivity index (χ4v) is 4.76. The molecule has 2 fully saturated rings. The number of rotatable bonds is 11. The number of benzene rings is 1. The average molecular weight is 512 g/mol. The summed E-state index contributed by atoms with van der Waals surface area (Å²) in [4.78, 5) is 18.8. The molecule has 10 heteroatoms. The normalized spacial score (nSPS) is 15.4. The molecule has 1 aromatic heterocycles. The quantitative estimate of drug-likeness (QED) is 0.392. The maximum absolute atomic E-state index is 5.45. The van der Waals surface area contributed by atoms with E-state index in [4.69, 9.17) is 22.2 Å². The molecule has 0 amide bonds. The zero-order valence-electron chi connectivity index (χ0n) is 22.0. The van der Waals surface area contributed by atoms with Gasteiger partial charge in [-0.1, -0.05) is 0 Å². The van der Waals surface area contributed by atoms with Crippen molar-refractivity contribution in [2.24, 2.45) is 0 Å². The van der Waals surface area contributed by atoms with Crippen LogP contribution in [0.4, 0.5) is 29.0 Å². The van der Waals surface area contributed by atoms with Crippen molar-refractivity contribution in [1.29, 1.82) is 0 Å². The zero-order chi connectivity index (χ0) is 25.3. The Labute approximate surface area is 221 Å². The Morgan fingerprint density at radius 1 is 0.889 bits per heavy atom. The van der Waals surface area contributed by atoms with Gasteiger partial charge in [0, 0.05) is 83.9 Å².